The summed E-state index contributed by atoms with van der Waals surface area (Å²) in [6.45, 7) is 3.34. The third-order valence-electron chi connectivity index (χ3n) is 3.29. The molecule has 0 atom stereocenters. The Morgan fingerprint density at radius 3 is 2.55 bits per heavy atom. The molecule has 0 spiro atoms. The number of aliphatic hydroxyl groups is 1. The van der Waals surface area contributed by atoms with E-state index in [0.29, 0.717) is 38.3 Å². The summed E-state index contributed by atoms with van der Waals surface area (Å²) in [7, 11) is 0. The number of nitrogens with one attached hydrogen (secondary N) is 1. The molecule has 0 bridgehead atoms. The monoisotopic (exact) mass is 289 g/mol. The Labute approximate surface area is 115 Å². The lowest BCUT2D eigenvalue weighted by atomic mass is 10.1. The van der Waals surface area contributed by atoms with Crippen LogP contribution in [0.15, 0.2) is 12.1 Å². The van der Waals surface area contributed by atoms with Gasteiger partial charge in [0.05, 0.1) is 11.7 Å². The highest BCUT2D eigenvalue weighted by Gasteiger charge is 2.32. The number of alkyl halides is 3. The van der Waals surface area contributed by atoms with Crippen LogP contribution in [0.4, 0.5) is 24.8 Å². The van der Waals surface area contributed by atoms with Crippen molar-refractivity contribution in [2.24, 2.45) is 0 Å². The van der Waals surface area contributed by atoms with Crippen molar-refractivity contribution in [1.29, 1.82) is 0 Å². The van der Waals surface area contributed by atoms with Gasteiger partial charge in [-0.25, -0.2) is 4.98 Å². The van der Waals surface area contributed by atoms with Gasteiger partial charge in [0.2, 0.25) is 0 Å². The van der Waals surface area contributed by atoms with Gasteiger partial charge in [-0.3, -0.25) is 0 Å². The Bertz CT molecular complexity index is 457. The highest BCUT2D eigenvalue weighted by Crippen LogP contribution is 2.33. The Morgan fingerprint density at radius 2 is 2.00 bits per heavy atom. The maximum absolute atomic E-state index is 12.9. The summed E-state index contributed by atoms with van der Waals surface area (Å²) in [5.74, 6) is 0.533. The molecule has 0 radical (unpaired) electrons. The highest BCUT2D eigenvalue weighted by molar-refractivity contribution is 5.51. The molecule has 1 aliphatic heterocycles. The Kier molecular flexibility index (Phi) is 4.37. The predicted octanol–water partition coefficient (Wildman–Crippen LogP) is 2.49. The van der Waals surface area contributed by atoms with Crippen LogP contribution in [0.5, 0.6) is 0 Å². The summed E-state index contributed by atoms with van der Waals surface area (Å²) >= 11 is 0. The first-order chi connectivity index (χ1) is 9.40. The molecular formula is C13H18F3N3O. The standard InChI is InChI=1S/C13H18F3N3O/c1-2-17-11-7-9(13(14,15)16)8-12(18-11)19-5-3-10(20)4-6-19/h7-8,10,20H,2-6H2,1H3,(H,17,18). The molecule has 1 saturated heterocycles. The van der Waals surface area contributed by atoms with Crippen molar-refractivity contribution in [2.75, 3.05) is 29.9 Å². The largest absolute Gasteiger partial charge is 0.416 e. The molecule has 7 heteroatoms. The number of pyridine rings is 1. The zero-order chi connectivity index (χ0) is 14.8. The average molecular weight is 289 g/mol. The summed E-state index contributed by atoms with van der Waals surface area (Å²) in [4.78, 5) is 6.00. The molecular weight excluding hydrogens is 271 g/mol. The van der Waals surface area contributed by atoms with E-state index in [4.69, 9.17) is 0 Å². The van der Waals surface area contributed by atoms with Gasteiger partial charge in [-0.1, -0.05) is 0 Å². The maximum Gasteiger partial charge on any atom is 0.416 e. The van der Waals surface area contributed by atoms with E-state index < -0.39 is 11.7 Å². The van der Waals surface area contributed by atoms with Crippen LogP contribution in [-0.2, 0) is 6.18 Å². The molecule has 0 aliphatic carbocycles. The van der Waals surface area contributed by atoms with Gasteiger partial charge >= 0.3 is 6.18 Å². The number of piperidine rings is 1. The molecule has 1 fully saturated rings. The molecule has 4 nitrogen and oxygen atoms in total. The zero-order valence-corrected chi connectivity index (χ0v) is 11.2. The van der Waals surface area contributed by atoms with E-state index in [-0.39, 0.29) is 11.9 Å². The van der Waals surface area contributed by atoms with Gasteiger partial charge in [0.1, 0.15) is 11.6 Å². The van der Waals surface area contributed by atoms with Crippen LogP contribution in [0.1, 0.15) is 25.3 Å². The number of aliphatic hydroxyl groups excluding tert-OH is 1. The van der Waals surface area contributed by atoms with Crippen LogP contribution in [-0.4, -0.2) is 35.8 Å². The molecule has 2 N–H and O–H groups in total. The topological polar surface area (TPSA) is 48.4 Å². The summed E-state index contributed by atoms with van der Waals surface area (Å²) < 4.78 is 38.7. The number of aromatic nitrogens is 1. The highest BCUT2D eigenvalue weighted by atomic mass is 19.4. The predicted molar refractivity (Wildman–Crippen MR) is 70.9 cm³/mol. The van der Waals surface area contributed by atoms with Crippen LogP contribution in [0.2, 0.25) is 0 Å². The number of rotatable bonds is 3. The second kappa shape index (κ2) is 5.87. The van der Waals surface area contributed by atoms with Crippen molar-refractivity contribution in [1.82, 2.24) is 4.98 Å². The Balaban J connectivity index is 2.29. The summed E-state index contributed by atoms with van der Waals surface area (Å²) in [5, 5.41) is 12.3. The van der Waals surface area contributed by atoms with Crippen molar-refractivity contribution in [2.45, 2.75) is 32.0 Å². The van der Waals surface area contributed by atoms with Crippen molar-refractivity contribution in [3.05, 3.63) is 17.7 Å². The molecule has 0 saturated carbocycles. The second-order valence-corrected chi connectivity index (χ2v) is 4.85. The van der Waals surface area contributed by atoms with Gasteiger partial charge in [0.15, 0.2) is 0 Å². The van der Waals surface area contributed by atoms with Crippen molar-refractivity contribution in [3.63, 3.8) is 0 Å². The number of hydrogen-bond acceptors (Lipinski definition) is 4. The minimum atomic E-state index is -4.39. The fourth-order valence-corrected chi connectivity index (χ4v) is 2.21. The lowest BCUT2D eigenvalue weighted by Gasteiger charge is -2.31. The van der Waals surface area contributed by atoms with E-state index in [2.05, 4.69) is 10.3 Å². The minimum Gasteiger partial charge on any atom is -0.393 e. The van der Waals surface area contributed by atoms with E-state index in [1.54, 1.807) is 11.8 Å². The zero-order valence-electron chi connectivity index (χ0n) is 11.2. The summed E-state index contributed by atoms with van der Waals surface area (Å²) in [5.41, 5.74) is -0.704. The number of anilines is 2. The summed E-state index contributed by atoms with van der Waals surface area (Å²) in [6.07, 6.45) is -3.66. The minimum absolute atomic E-state index is 0.225. The molecule has 1 aromatic rings. The Hall–Kier alpha value is -1.50. The lowest BCUT2D eigenvalue weighted by Crippen LogP contribution is -2.36. The number of hydrogen-bond donors (Lipinski definition) is 2. The van der Waals surface area contributed by atoms with Crippen LogP contribution < -0.4 is 10.2 Å². The van der Waals surface area contributed by atoms with E-state index in [1.807, 2.05) is 0 Å². The summed E-state index contributed by atoms with van der Waals surface area (Å²) in [6, 6.07) is 2.09. The first-order valence-electron chi connectivity index (χ1n) is 6.66. The van der Waals surface area contributed by atoms with Crippen LogP contribution in [0.3, 0.4) is 0 Å². The third kappa shape index (κ3) is 3.53. The van der Waals surface area contributed by atoms with E-state index in [0.717, 1.165) is 12.1 Å². The number of nitrogens with zero attached hydrogens (tertiary/aromatic N) is 2. The van der Waals surface area contributed by atoms with Crippen LogP contribution >= 0.6 is 0 Å². The van der Waals surface area contributed by atoms with Crippen molar-refractivity contribution < 1.29 is 18.3 Å². The molecule has 0 unspecified atom stereocenters. The molecule has 1 aliphatic rings. The van der Waals surface area contributed by atoms with Crippen molar-refractivity contribution in [3.8, 4) is 0 Å². The van der Waals surface area contributed by atoms with Gasteiger partial charge in [-0.2, -0.15) is 13.2 Å². The molecule has 0 aromatic carbocycles. The number of halogens is 3. The SMILES string of the molecule is CCNc1cc(C(F)(F)F)cc(N2CCC(O)CC2)n1. The van der Waals surface area contributed by atoms with E-state index in [1.165, 1.54) is 0 Å². The lowest BCUT2D eigenvalue weighted by molar-refractivity contribution is -0.137. The maximum atomic E-state index is 12.9. The molecule has 2 heterocycles. The van der Waals surface area contributed by atoms with Gasteiger partial charge in [0.25, 0.3) is 0 Å². The molecule has 20 heavy (non-hydrogen) atoms. The van der Waals surface area contributed by atoms with E-state index >= 15 is 0 Å². The Morgan fingerprint density at radius 1 is 1.35 bits per heavy atom. The molecule has 0 amide bonds. The van der Waals surface area contributed by atoms with Gasteiger partial charge in [-0.05, 0) is 31.9 Å². The van der Waals surface area contributed by atoms with Gasteiger partial charge in [0, 0.05) is 19.6 Å². The average Bonchev–Trinajstić information content (AvgIpc) is 2.38. The third-order valence-corrected chi connectivity index (χ3v) is 3.29. The van der Waals surface area contributed by atoms with E-state index in [9.17, 15) is 18.3 Å². The molecule has 1 aromatic heterocycles. The first-order valence-corrected chi connectivity index (χ1v) is 6.66. The fraction of sp³-hybridized carbons (Fsp3) is 0.615. The van der Waals surface area contributed by atoms with Crippen LogP contribution in [0, 0.1) is 0 Å². The molecule has 2 rings (SSSR count). The normalized spacial score (nSPS) is 17.4. The fourth-order valence-electron chi connectivity index (χ4n) is 2.21. The molecule has 112 valence electrons. The van der Waals surface area contributed by atoms with Crippen LogP contribution in [0.25, 0.3) is 0 Å². The van der Waals surface area contributed by atoms with Crippen molar-refractivity contribution >= 4 is 11.6 Å². The smallest absolute Gasteiger partial charge is 0.393 e. The van der Waals surface area contributed by atoms with Gasteiger partial charge < -0.3 is 15.3 Å². The second-order valence-electron chi connectivity index (χ2n) is 4.85. The quantitative estimate of drug-likeness (QED) is 0.897. The van der Waals surface area contributed by atoms with Gasteiger partial charge in [-0.15, -0.1) is 0 Å². The first kappa shape index (κ1) is 14.9.